The normalized spacial score (nSPS) is 10.2. The van der Waals surface area contributed by atoms with Crippen molar-refractivity contribution >= 4 is 40.5 Å². The summed E-state index contributed by atoms with van der Waals surface area (Å²) in [5, 5.41) is 14.7. The Morgan fingerprint density at radius 2 is 1.97 bits per heavy atom. The number of nitrogen functional groups attached to an aromatic ring is 1. The number of anilines is 5. The zero-order valence-electron chi connectivity index (χ0n) is 17.7. The van der Waals surface area contributed by atoms with Gasteiger partial charge in [0.2, 0.25) is 11.9 Å². The molecular weight excluding hydrogens is 424 g/mol. The van der Waals surface area contributed by atoms with Gasteiger partial charge >= 0.3 is 0 Å². The molecule has 0 spiro atoms. The van der Waals surface area contributed by atoms with Crippen LogP contribution in [0.1, 0.15) is 23.2 Å². The van der Waals surface area contributed by atoms with Gasteiger partial charge in [-0.2, -0.15) is 4.98 Å². The van der Waals surface area contributed by atoms with Crippen molar-refractivity contribution in [3.05, 3.63) is 72.9 Å². The predicted molar refractivity (Wildman–Crippen MR) is 125 cm³/mol. The molecule has 1 aromatic heterocycles. The van der Waals surface area contributed by atoms with Crippen LogP contribution in [0.25, 0.3) is 0 Å². The molecule has 6 N–H and O–H groups in total. The Labute approximate surface area is 190 Å². The molecule has 33 heavy (non-hydrogen) atoms. The summed E-state index contributed by atoms with van der Waals surface area (Å²) in [5.74, 6) is 0.709. The summed E-state index contributed by atoms with van der Waals surface area (Å²) in [5.41, 5.74) is 9.61. The second-order valence-corrected chi connectivity index (χ2v) is 6.87. The van der Waals surface area contributed by atoms with Crippen molar-refractivity contribution in [2.45, 2.75) is 12.8 Å². The molecule has 0 saturated carbocycles. The molecule has 0 fully saturated rings. The highest BCUT2D eigenvalue weighted by molar-refractivity contribution is 6.09. The number of nitrogens with zero attached hydrogens (tertiary/aromatic N) is 2. The molecule has 0 aliphatic rings. The summed E-state index contributed by atoms with van der Waals surface area (Å²) in [6, 6.07) is 14.0. The number of para-hydroxylation sites is 1. The lowest BCUT2D eigenvalue weighted by Crippen LogP contribution is -2.18. The van der Waals surface area contributed by atoms with E-state index in [1.54, 1.807) is 48.1 Å². The minimum Gasteiger partial charge on any atom is -0.494 e. The minimum atomic E-state index is -0.458. The molecular formula is C23H24N6O4. The number of aromatic nitrogens is 2. The minimum absolute atomic E-state index is 0.164. The van der Waals surface area contributed by atoms with Crippen LogP contribution >= 0.6 is 0 Å². The highest BCUT2D eigenvalue weighted by Gasteiger charge is 2.11. The molecule has 0 bridgehead atoms. The van der Waals surface area contributed by atoms with Crippen molar-refractivity contribution in [3.8, 4) is 5.75 Å². The molecule has 0 unspecified atom stereocenters. The number of amides is 1. The molecule has 1 heterocycles. The summed E-state index contributed by atoms with van der Waals surface area (Å²) in [7, 11) is 0. The lowest BCUT2D eigenvalue weighted by Gasteiger charge is -2.12. The van der Waals surface area contributed by atoms with Crippen LogP contribution < -0.4 is 26.6 Å². The third-order valence-electron chi connectivity index (χ3n) is 4.51. The molecule has 1 amide bonds. The Morgan fingerprint density at radius 3 is 2.76 bits per heavy atom. The van der Waals surface area contributed by atoms with Gasteiger partial charge in [-0.25, -0.2) is 10.5 Å². The number of hydroxylamine groups is 1. The summed E-state index contributed by atoms with van der Waals surface area (Å²) < 4.78 is 5.63. The molecule has 170 valence electrons. The molecule has 3 rings (SSSR count). The van der Waals surface area contributed by atoms with Crippen LogP contribution in [-0.2, 0) is 4.79 Å². The van der Waals surface area contributed by atoms with Gasteiger partial charge in [0.1, 0.15) is 11.6 Å². The number of rotatable bonds is 11. The van der Waals surface area contributed by atoms with Crippen LogP contribution in [0.5, 0.6) is 5.75 Å². The number of allylic oxidation sites excluding steroid dienone is 1. The lowest BCUT2D eigenvalue weighted by molar-refractivity contribution is -0.129. The molecule has 10 nitrogen and oxygen atoms in total. The lowest BCUT2D eigenvalue weighted by atomic mass is 10.1. The Balaban J connectivity index is 1.66. The van der Waals surface area contributed by atoms with E-state index in [0.29, 0.717) is 53.2 Å². The summed E-state index contributed by atoms with van der Waals surface area (Å²) >= 11 is 0. The van der Waals surface area contributed by atoms with E-state index in [2.05, 4.69) is 27.2 Å². The van der Waals surface area contributed by atoms with Gasteiger partial charge in [0, 0.05) is 29.9 Å². The molecule has 10 heteroatoms. The maximum atomic E-state index is 12.0. The number of nitrogens with two attached hydrogens (primary N) is 1. The van der Waals surface area contributed by atoms with E-state index in [-0.39, 0.29) is 12.2 Å². The second kappa shape index (κ2) is 11.3. The van der Waals surface area contributed by atoms with E-state index < -0.39 is 5.91 Å². The Morgan fingerprint density at radius 1 is 1.15 bits per heavy atom. The Hall–Kier alpha value is -4.44. The molecule has 0 atom stereocenters. The summed E-state index contributed by atoms with van der Waals surface area (Å²) in [6.45, 7) is 3.81. The summed E-state index contributed by atoms with van der Waals surface area (Å²) in [4.78, 5) is 31.6. The second-order valence-electron chi connectivity index (χ2n) is 6.87. The number of carbonyl (C=O) groups excluding carboxylic acids is 2. The third kappa shape index (κ3) is 6.52. The van der Waals surface area contributed by atoms with Crippen molar-refractivity contribution in [1.82, 2.24) is 15.4 Å². The highest BCUT2D eigenvalue weighted by atomic mass is 16.5. The Bertz CT molecular complexity index is 1150. The van der Waals surface area contributed by atoms with E-state index in [1.807, 2.05) is 12.1 Å². The maximum absolute atomic E-state index is 12.0. The van der Waals surface area contributed by atoms with Gasteiger partial charge in [0.15, 0.2) is 5.78 Å². The van der Waals surface area contributed by atoms with Gasteiger partial charge in [-0.15, -0.1) is 0 Å². The largest absolute Gasteiger partial charge is 0.494 e. The van der Waals surface area contributed by atoms with Crippen molar-refractivity contribution in [3.63, 3.8) is 0 Å². The van der Waals surface area contributed by atoms with Crippen molar-refractivity contribution < 1.29 is 19.5 Å². The number of carbonyl (C=O) groups is 2. The molecule has 0 aliphatic carbocycles. The first-order valence-corrected chi connectivity index (χ1v) is 10.1. The monoisotopic (exact) mass is 448 g/mol. The standard InChI is InChI=1S/C23H24N6O4/c1-2-19(30)17-8-4-9-18(22(17)24)27-20-11-12-25-23(28-20)26-15-6-3-7-16(14-15)33-13-5-10-21(31)29-32/h2-4,6-9,11-12,14,32H,1,5,10,13,24H2,(H,29,31)(H2,25,26,27,28). The average molecular weight is 448 g/mol. The number of hydrogen-bond donors (Lipinski definition) is 5. The fraction of sp³-hybridized carbons (Fsp3) is 0.130. The first-order chi connectivity index (χ1) is 16.0. The van der Waals surface area contributed by atoms with Gasteiger partial charge in [-0.1, -0.05) is 18.7 Å². The number of nitrogens with one attached hydrogen (secondary N) is 3. The van der Waals surface area contributed by atoms with E-state index in [0.717, 1.165) is 0 Å². The van der Waals surface area contributed by atoms with Crippen molar-refractivity contribution in [1.29, 1.82) is 0 Å². The smallest absolute Gasteiger partial charge is 0.243 e. The van der Waals surface area contributed by atoms with E-state index in [4.69, 9.17) is 15.7 Å². The average Bonchev–Trinajstić information content (AvgIpc) is 2.83. The first kappa shape index (κ1) is 23.2. The van der Waals surface area contributed by atoms with E-state index in [9.17, 15) is 9.59 Å². The molecule has 2 aromatic carbocycles. The zero-order chi connectivity index (χ0) is 23.6. The number of hydrogen-bond acceptors (Lipinski definition) is 9. The van der Waals surface area contributed by atoms with Crippen LogP contribution in [0.4, 0.5) is 28.8 Å². The van der Waals surface area contributed by atoms with E-state index in [1.165, 1.54) is 6.08 Å². The van der Waals surface area contributed by atoms with Crippen molar-refractivity contribution in [2.75, 3.05) is 23.0 Å². The topological polar surface area (TPSA) is 151 Å². The van der Waals surface area contributed by atoms with Gasteiger partial charge in [0.25, 0.3) is 0 Å². The quantitative estimate of drug-likeness (QED) is 0.0740. The fourth-order valence-corrected chi connectivity index (χ4v) is 2.90. The van der Waals surface area contributed by atoms with Crippen LogP contribution in [0, 0.1) is 0 Å². The molecule has 0 aliphatic heterocycles. The molecule has 3 aromatic rings. The van der Waals surface area contributed by atoms with Crippen LogP contribution in [0.2, 0.25) is 0 Å². The van der Waals surface area contributed by atoms with Gasteiger partial charge in [-0.05, 0) is 42.8 Å². The predicted octanol–water partition coefficient (Wildman–Crippen LogP) is 3.58. The SMILES string of the molecule is C=CC(=O)c1cccc(Nc2ccnc(Nc3cccc(OCCCC(=O)NO)c3)n2)c1N. The first-order valence-electron chi connectivity index (χ1n) is 10.1. The highest BCUT2D eigenvalue weighted by Crippen LogP contribution is 2.27. The van der Waals surface area contributed by atoms with Gasteiger partial charge < -0.3 is 21.1 Å². The maximum Gasteiger partial charge on any atom is 0.243 e. The fourth-order valence-electron chi connectivity index (χ4n) is 2.90. The number of ether oxygens (including phenoxy) is 1. The van der Waals surface area contributed by atoms with Crippen LogP contribution in [0.3, 0.4) is 0 Å². The Kier molecular flexibility index (Phi) is 7.92. The zero-order valence-corrected chi connectivity index (χ0v) is 17.7. The van der Waals surface area contributed by atoms with E-state index >= 15 is 0 Å². The van der Waals surface area contributed by atoms with Crippen LogP contribution in [-0.4, -0.2) is 33.5 Å². The molecule has 0 radical (unpaired) electrons. The number of benzene rings is 2. The van der Waals surface area contributed by atoms with Gasteiger partial charge in [0.05, 0.1) is 18.0 Å². The summed E-state index contributed by atoms with van der Waals surface area (Å²) in [6.07, 6.45) is 3.42. The molecule has 0 saturated heterocycles. The third-order valence-corrected chi connectivity index (χ3v) is 4.51. The van der Waals surface area contributed by atoms with Gasteiger partial charge in [-0.3, -0.25) is 14.8 Å². The number of ketones is 1. The van der Waals surface area contributed by atoms with Crippen LogP contribution in [0.15, 0.2) is 67.4 Å². The van der Waals surface area contributed by atoms with Crippen molar-refractivity contribution in [2.24, 2.45) is 0 Å².